The average Bonchev–Trinajstić information content (AvgIpc) is 3.17. The van der Waals surface area contributed by atoms with Crippen LogP contribution in [-0.2, 0) is 0 Å². The van der Waals surface area contributed by atoms with Crippen molar-refractivity contribution < 1.29 is 0 Å². The van der Waals surface area contributed by atoms with Gasteiger partial charge in [-0.05, 0) is 55.9 Å². The summed E-state index contributed by atoms with van der Waals surface area (Å²) in [6.07, 6.45) is 11.5. The highest BCUT2D eigenvalue weighted by molar-refractivity contribution is 7.10. The molecule has 0 saturated heterocycles. The first-order valence-corrected chi connectivity index (χ1v) is 9.02. The summed E-state index contributed by atoms with van der Waals surface area (Å²) in [5.74, 6) is 1.80. The molecular weight excluding hydrogens is 250 g/mol. The van der Waals surface area contributed by atoms with Crippen molar-refractivity contribution in [3.8, 4) is 0 Å². The Bertz CT molecular complexity index is 361. The van der Waals surface area contributed by atoms with Gasteiger partial charge in [0.15, 0.2) is 0 Å². The predicted molar refractivity (Wildman–Crippen MR) is 83.6 cm³/mol. The van der Waals surface area contributed by atoms with Crippen molar-refractivity contribution in [2.75, 3.05) is 0 Å². The number of hydrogen-bond donors (Lipinski definition) is 1. The van der Waals surface area contributed by atoms with Crippen LogP contribution in [0, 0.1) is 11.8 Å². The van der Waals surface area contributed by atoms with Crippen molar-refractivity contribution in [2.45, 2.75) is 70.4 Å². The summed E-state index contributed by atoms with van der Waals surface area (Å²) >= 11 is 1.94. The van der Waals surface area contributed by atoms with Crippen molar-refractivity contribution in [3.05, 3.63) is 22.4 Å². The second-order valence-electron chi connectivity index (χ2n) is 6.54. The molecule has 2 aliphatic carbocycles. The Labute approximate surface area is 121 Å². The van der Waals surface area contributed by atoms with Gasteiger partial charge < -0.3 is 5.32 Å². The Morgan fingerprint density at radius 1 is 1.05 bits per heavy atom. The maximum Gasteiger partial charge on any atom is 0.0445 e. The molecule has 2 saturated carbocycles. The summed E-state index contributed by atoms with van der Waals surface area (Å²) in [6, 6.07) is 5.86. The molecule has 0 spiro atoms. The molecule has 2 aliphatic rings. The fraction of sp³-hybridized carbons (Fsp3) is 0.765. The second-order valence-corrected chi connectivity index (χ2v) is 7.52. The molecule has 0 radical (unpaired) electrons. The van der Waals surface area contributed by atoms with Gasteiger partial charge in [-0.2, -0.15) is 0 Å². The van der Waals surface area contributed by atoms with E-state index in [1.807, 2.05) is 11.3 Å². The first-order valence-electron chi connectivity index (χ1n) is 8.14. The molecule has 0 amide bonds. The smallest absolute Gasteiger partial charge is 0.0445 e. The SMILES string of the molecule is CC(NC(c1cccs1)C1CCCC1)C1CCCC1. The highest BCUT2D eigenvalue weighted by atomic mass is 32.1. The van der Waals surface area contributed by atoms with Gasteiger partial charge in [0, 0.05) is 17.0 Å². The van der Waals surface area contributed by atoms with Gasteiger partial charge in [0.05, 0.1) is 0 Å². The molecule has 1 heterocycles. The summed E-state index contributed by atoms with van der Waals surface area (Å²) in [5, 5.41) is 6.25. The Kier molecular flexibility index (Phi) is 4.60. The van der Waals surface area contributed by atoms with Crippen LogP contribution in [0.3, 0.4) is 0 Å². The largest absolute Gasteiger partial charge is 0.306 e. The minimum Gasteiger partial charge on any atom is -0.306 e. The van der Waals surface area contributed by atoms with Crippen LogP contribution in [0.2, 0.25) is 0 Å². The van der Waals surface area contributed by atoms with Gasteiger partial charge in [-0.15, -0.1) is 11.3 Å². The second kappa shape index (κ2) is 6.41. The molecule has 1 aromatic rings. The van der Waals surface area contributed by atoms with E-state index in [-0.39, 0.29) is 0 Å². The lowest BCUT2D eigenvalue weighted by atomic mass is 9.93. The first kappa shape index (κ1) is 13.6. The molecule has 1 aromatic heterocycles. The van der Waals surface area contributed by atoms with Crippen LogP contribution >= 0.6 is 11.3 Å². The minimum absolute atomic E-state index is 0.623. The van der Waals surface area contributed by atoms with Crippen LogP contribution in [0.15, 0.2) is 17.5 Å². The van der Waals surface area contributed by atoms with E-state index in [4.69, 9.17) is 0 Å². The van der Waals surface area contributed by atoms with Gasteiger partial charge in [-0.1, -0.05) is 31.7 Å². The van der Waals surface area contributed by atoms with E-state index in [1.165, 1.54) is 51.4 Å². The summed E-state index contributed by atoms with van der Waals surface area (Å²) < 4.78 is 0. The number of nitrogens with one attached hydrogen (secondary N) is 1. The molecule has 19 heavy (non-hydrogen) atoms. The van der Waals surface area contributed by atoms with E-state index in [0.29, 0.717) is 12.1 Å². The van der Waals surface area contributed by atoms with Crippen LogP contribution in [0.5, 0.6) is 0 Å². The van der Waals surface area contributed by atoms with Crippen LogP contribution < -0.4 is 5.32 Å². The molecule has 1 nitrogen and oxygen atoms in total. The molecule has 0 aliphatic heterocycles. The van der Waals surface area contributed by atoms with Crippen molar-refractivity contribution in [2.24, 2.45) is 11.8 Å². The van der Waals surface area contributed by atoms with Crippen LogP contribution in [0.25, 0.3) is 0 Å². The van der Waals surface area contributed by atoms with Crippen molar-refractivity contribution >= 4 is 11.3 Å². The third-order valence-corrected chi connectivity index (χ3v) is 6.23. The molecule has 2 fully saturated rings. The third kappa shape index (κ3) is 3.22. The predicted octanol–water partition coefficient (Wildman–Crippen LogP) is 5.15. The van der Waals surface area contributed by atoms with Gasteiger partial charge in [-0.25, -0.2) is 0 Å². The number of rotatable bonds is 5. The van der Waals surface area contributed by atoms with E-state index in [1.54, 1.807) is 4.88 Å². The van der Waals surface area contributed by atoms with E-state index in [0.717, 1.165) is 11.8 Å². The van der Waals surface area contributed by atoms with Gasteiger partial charge >= 0.3 is 0 Å². The normalized spacial score (nSPS) is 24.9. The molecular formula is C17H27NS. The molecule has 3 rings (SSSR count). The molecule has 1 N–H and O–H groups in total. The monoisotopic (exact) mass is 277 g/mol. The van der Waals surface area contributed by atoms with Gasteiger partial charge in [0.25, 0.3) is 0 Å². The quantitative estimate of drug-likeness (QED) is 0.785. The van der Waals surface area contributed by atoms with Crippen molar-refractivity contribution in [1.82, 2.24) is 5.32 Å². The molecule has 2 heteroatoms. The Morgan fingerprint density at radius 3 is 2.26 bits per heavy atom. The molecule has 2 unspecified atom stereocenters. The van der Waals surface area contributed by atoms with Crippen molar-refractivity contribution in [3.63, 3.8) is 0 Å². The van der Waals surface area contributed by atoms with E-state index >= 15 is 0 Å². The Morgan fingerprint density at radius 2 is 1.68 bits per heavy atom. The summed E-state index contributed by atoms with van der Waals surface area (Å²) in [7, 11) is 0. The topological polar surface area (TPSA) is 12.0 Å². The standard InChI is InChI=1S/C17H27NS/c1-13(14-7-2-3-8-14)18-17(15-9-4-5-10-15)16-11-6-12-19-16/h6,11-15,17-18H,2-5,7-10H2,1H3. The number of hydrogen-bond acceptors (Lipinski definition) is 2. The van der Waals surface area contributed by atoms with Gasteiger partial charge in [-0.3, -0.25) is 0 Å². The van der Waals surface area contributed by atoms with Gasteiger partial charge in [0.1, 0.15) is 0 Å². The van der Waals surface area contributed by atoms with Crippen LogP contribution in [0.1, 0.15) is 69.2 Å². The zero-order valence-corrected chi connectivity index (χ0v) is 12.9. The third-order valence-electron chi connectivity index (χ3n) is 5.27. The summed E-state index contributed by atoms with van der Waals surface area (Å²) in [4.78, 5) is 1.57. The Balaban J connectivity index is 1.68. The van der Waals surface area contributed by atoms with Crippen LogP contribution in [-0.4, -0.2) is 6.04 Å². The highest BCUT2D eigenvalue weighted by Gasteiger charge is 2.30. The lowest BCUT2D eigenvalue weighted by molar-refractivity contribution is 0.287. The molecule has 0 bridgehead atoms. The van der Waals surface area contributed by atoms with Crippen molar-refractivity contribution in [1.29, 1.82) is 0 Å². The summed E-state index contributed by atoms with van der Waals surface area (Å²) in [6.45, 7) is 2.42. The molecule has 2 atom stereocenters. The van der Waals surface area contributed by atoms with Gasteiger partial charge in [0.2, 0.25) is 0 Å². The molecule has 106 valence electrons. The Hall–Kier alpha value is -0.340. The average molecular weight is 277 g/mol. The summed E-state index contributed by atoms with van der Waals surface area (Å²) in [5.41, 5.74) is 0. The maximum atomic E-state index is 4.01. The fourth-order valence-electron chi connectivity index (χ4n) is 4.09. The minimum atomic E-state index is 0.623. The fourth-order valence-corrected chi connectivity index (χ4v) is 4.96. The maximum absolute atomic E-state index is 4.01. The van der Waals surface area contributed by atoms with E-state index in [9.17, 15) is 0 Å². The number of thiophene rings is 1. The zero-order valence-electron chi connectivity index (χ0n) is 12.1. The zero-order chi connectivity index (χ0) is 13.1. The highest BCUT2D eigenvalue weighted by Crippen LogP contribution is 2.39. The van der Waals surface area contributed by atoms with Crippen LogP contribution in [0.4, 0.5) is 0 Å². The van der Waals surface area contributed by atoms with E-state index < -0.39 is 0 Å². The molecule has 0 aromatic carbocycles. The lowest BCUT2D eigenvalue weighted by Gasteiger charge is -2.30. The van der Waals surface area contributed by atoms with E-state index in [2.05, 4.69) is 29.8 Å². The first-order chi connectivity index (χ1) is 9.34. The lowest BCUT2D eigenvalue weighted by Crippen LogP contribution is -2.38.